The second kappa shape index (κ2) is 3.98. The van der Waals surface area contributed by atoms with Gasteiger partial charge in [0.1, 0.15) is 5.54 Å². The summed E-state index contributed by atoms with van der Waals surface area (Å²) in [7, 11) is 0. The van der Waals surface area contributed by atoms with Crippen LogP contribution in [0.15, 0.2) is 0 Å². The number of alkyl halides is 1. The lowest BCUT2D eigenvalue weighted by atomic mass is 9.90. The summed E-state index contributed by atoms with van der Waals surface area (Å²) < 4.78 is 5.61. The molecule has 0 spiro atoms. The third-order valence-electron chi connectivity index (χ3n) is 3.67. The molecular weight excluding hydrogens is 270 g/mol. The highest BCUT2D eigenvalue weighted by atomic mass is 79.9. The van der Waals surface area contributed by atoms with E-state index in [4.69, 9.17) is 4.74 Å². The molecule has 0 aliphatic carbocycles. The molecule has 0 bridgehead atoms. The monoisotopic (exact) mass is 289 g/mol. The Morgan fingerprint density at radius 3 is 2.81 bits per heavy atom. The highest BCUT2D eigenvalue weighted by molar-refractivity contribution is 9.09. The molecule has 0 aromatic heterocycles. The largest absolute Gasteiger partial charge is 0.444 e. The maximum Gasteiger partial charge on any atom is 0.328 e. The normalized spacial score (nSPS) is 35.2. The molecular formula is C12H20BrNO2. The first kappa shape index (κ1) is 12.4. The molecule has 0 radical (unpaired) electrons. The predicted octanol–water partition coefficient (Wildman–Crippen LogP) is 2.54. The van der Waals surface area contributed by atoms with Gasteiger partial charge in [-0.1, -0.05) is 36.7 Å². The Balaban J connectivity index is 2.29. The summed E-state index contributed by atoms with van der Waals surface area (Å²) in [6.45, 7) is 7.38. The molecule has 2 aliphatic rings. The molecule has 2 heterocycles. The van der Waals surface area contributed by atoms with Crippen molar-refractivity contribution < 1.29 is 9.53 Å². The maximum absolute atomic E-state index is 12.1. The van der Waals surface area contributed by atoms with Crippen LogP contribution in [-0.4, -0.2) is 34.5 Å². The molecule has 2 atom stereocenters. The van der Waals surface area contributed by atoms with Crippen molar-refractivity contribution in [2.75, 3.05) is 11.9 Å². The standard InChI is InChI=1S/C12H20BrNO2/c1-11(2,3)9-14-8-4-5-12(14,6-7-13)10(15)16-9/h9H,4-8H2,1-3H3/t9-,12-/m1/s1. The van der Waals surface area contributed by atoms with Crippen LogP contribution in [0.1, 0.15) is 40.0 Å². The number of halogens is 1. The highest BCUT2D eigenvalue weighted by Gasteiger charge is 2.59. The van der Waals surface area contributed by atoms with Gasteiger partial charge in [0, 0.05) is 17.3 Å². The molecule has 3 nitrogen and oxygen atoms in total. The lowest BCUT2D eigenvalue weighted by Crippen LogP contribution is -2.49. The smallest absolute Gasteiger partial charge is 0.328 e. The van der Waals surface area contributed by atoms with Crippen LogP contribution in [0.4, 0.5) is 0 Å². The Morgan fingerprint density at radius 2 is 2.25 bits per heavy atom. The van der Waals surface area contributed by atoms with Gasteiger partial charge in [-0.2, -0.15) is 0 Å². The Hall–Kier alpha value is -0.0900. The van der Waals surface area contributed by atoms with Gasteiger partial charge in [-0.3, -0.25) is 4.90 Å². The van der Waals surface area contributed by atoms with E-state index in [0.29, 0.717) is 0 Å². The first-order valence-electron chi connectivity index (χ1n) is 5.96. The average molecular weight is 290 g/mol. The quantitative estimate of drug-likeness (QED) is 0.578. The van der Waals surface area contributed by atoms with E-state index in [1.807, 2.05) is 0 Å². The van der Waals surface area contributed by atoms with E-state index in [0.717, 1.165) is 31.1 Å². The molecule has 92 valence electrons. The Bertz CT molecular complexity index is 300. The summed E-state index contributed by atoms with van der Waals surface area (Å²) in [5, 5.41) is 0.857. The van der Waals surface area contributed by atoms with Gasteiger partial charge >= 0.3 is 5.97 Å². The lowest BCUT2D eigenvalue weighted by molar-refractivity contribution is -0.149. The number of rotatable bonds is 2. The summed E-state index contributed by atoms with van der Waals surface area (Å²) in [5.41, 5.74) is -0.338. The fourth-order valence-electron chi connectivity index (χ4n) is 2.91. The Kier molecular flexibility index (Phi) is 3.08. The number of nitrogens with zero attached hydrogens (tertiary/aromatic N) is 1. The van der Waals surface area contributed by atoms with Crippen molar-refractivity contribution in [2.24, 2.45) is 5.41 Å². The predicted molar refractivity (Wildman–Crippen MR) is 66.4 cm³/mol. The number of hydrogen-bond acceptors (Lipinski definition) is 3. The lowest BCUT2D eigenvalue weighted by Gasteiger charge is -2.35. The SMILES string of the molecule is CC(C)(C)[C@H]1OC(=O)[C@]2(CCBr)CCCN12. The van der Waals surface area contributed by atoms with Crippen LogP contribution in [-0.2, 0) is 9.53 Å². The number of fused-ring (bicyclic) bond motifs is 1. The van der Waals surface area contributed by atoms with Crippen molar-refractivity contribution in [3.05, 3.63) is 0 Å². The number of carbonyl (C=O) groups is 1. The number of cyclic esters (lactones) is 1. The van der Waals surface area contributed by atoms with Gasteiger partial charge < -0.3 is 4.74 Å². The minimum atomic E-state index is -0.332. The van der Waals surface area contributed by atoms with E-state index in [9.17, 15) is 4.79 Å². The summed E-state index contributed by atoms with van der Waals surface area (Å²) in [5.74, 6) is -0.00984. The van der Waals surface area contributed by atoms with E-state index in [2.05, 4.69) is 41.6 Å². The van der Waals surface area contributed by atoms with Gasteiger partial charge in [-0.15, -0.1) is 0 Å². The van der Waals surface area contributed by atoms with E-state index in [-0.39, 0.29) is 23.2 Å². The van der Waals surface area contributed by atoms with E-state index in [1.165, 1.54) is 0 Å². The van der Waals surface area contributed by atoms with Gasteiger partial charge in [-0.25, -0.2) is 4.79 Å². The third kappa shape index (κ3) is 1.70. The first-order valence-corrected chi connectivity index (χ1v) is 7.08. The van der Waals surface area contributed by atoms with Crippen molar-refractivity contribution in [3.8, 4) is 0 Å². The highest BCUT2D eigenvalue weighted by Crippen LogP contribution is 2.45. The minimum absolute atomic E-state index is 0.00589. The second-order valence-electron chi connectivity index (χ2n) is 5.89. The fourth-order valence-corrected chi connectivity index (χ4v) is 3.56. The van der Waals surface area contributed by atoms with Gasteiger partial charge in [0.2, 0.25) is 0 Å². The zero-order valence-electron chi connectivity index (χ0n) is 10.3. The van der Waals surface area contributed by atoms with Gasteiger partial charge in [-0.05, 0) is 19.3 Å². The van der Waals surface area contributed by atoms with Crippen LogP contribution in [0.25, 0.3) is 0 Å². The second-order valence-corrected chi connectivity index (χ2v) is 6.68. The van der Waals surface area contributed by atoms with Crippen molar-refractivity contribution >= 4 is 21.9 Å². The number of ether oxygens (including phenoxy) is 1. The minimum Gasteiger partial charge on any atom is -0.444 e. The van der Waals surface area contributed by atoms with Gasteiger partial charge in [0.15, 0.2) is 6.23 Å². The molecule has 0 saturated carbocycles. The Labute approximate surface area is 106 Å². The molecule has 2 aliphatic heterocycles. The van der Waals surface area contributed by atoms with E-state index < -0.39 is 0 Å². The number of hydrogen-bond donors (Lipinski definition) is 0. The average Bonchev–Trinajstić information content (AvgIpc) is 2.66. The molecule has 2 rings (SSSR count). The van der Waals surface area contributed by atoms with Gasteiger partial charge in [0.25, 0.3) is 0 Å². The molecule has 0 amide bonds. The fraction of sp³-hybridized carbons (Fsp3) is 0.917. The van der Waals surface area contributed by atoms with Gasteiger partial charge in [0.05, 0.1) is 0 Å². The topological polar surface area (TPSA) is 29.5 Å². The first-order chi connectivity index (χ1) is 7.42. The van der Waals surface area contributed by atoms with Crippen LogP contribution in [0, 0.1) is 5.41 Å². The molecule has 0 aromatic carbocycles. The molecule has 2 saturated heterocycles. The van der Waals surface area contributed by atoms with E-state index >= 15 is 0 Å². The summed E-state index contributed by atoms with van der Waals surface area (Å²) in [6.07, 6.45) is 2.86. The Morgan fingerprint density at radius 1 is 1.56 bits per heavy atom. The molecule has 2 fully saturated rings. The summed E-state index contributed by atoms with van der Waals surface area (Å²) in [4.78, 5) is 14.4. The zero-order chi connectivity index (χ0) is 12.0. The molecule has 0 N–H and O–H groups in total. The third-order valence-corrected chi connectivity index (χ3v) is 4.07. The van der Waals surface area contributed by atoms with Crippen molar-refractivity contribution in [1.29, 1.82) is 0 Å². The van der Waals surface area contributed by atoms with Crippen LogP contribution in [0.2, 0.25) is 0 Å². The summed E-state index contributed by atoms with van der Waals surface area (Å²) in [6, 6.07) is 0. The zero-order valence-corrected chi connectivity index (χ0v) is 11.8. The van der Waals surface area contributed by atoms with Crippen molar-refractivity contribution in [1.82, 2.24) is 4.90 Å². The maximum atomic E-state index is 12.1. The molecule has 0 aromatic rings. The van der Waals surface area contributed by atoms with Crippen LogP contribution in [0.3, 0.4) is 0 Å². The van der Waals surface area contributed by atoms with Crippen molar-refractivity contribution in [2.45, 2.75) is 51.8 Å². The van der Waals surface area contributed by atoms with E-state index in [1.54, 1.807) is 0 Å². The summed E-state index contributed by atoms with van der Waals surface area (Å²) >= 11 is 3.45. The molecule has 4 heteroatoms. The van der Waals surface area contributed by atoms with Crippen LogP contribution in [0.5, 0.6) is 0 Å². The van der Waals surface area contributed by atoms with Crippen LogP contribution < -0.4 is 0 Å². The van der Waals surface area contributed by atoms with Crippen LogP contribution >= 0.6 is 15.9 Å². The van der Waals surface area contributed by atoms with Crippen molar-refractivity contribution in [3.63, 3.8) is 0 Å². The number of esters is 1. The molecule has 16 heavy (non-hydrogen) atoms. The molecule has 0 unspecified atom stereocenters. The number of carbonyl (C=O) groups excluding carboxylic acids is 1.